The lowest BCUT2D eigenvalue weighted by molar-refractivity contribution is -0.143. The highest BCUT2D eigenvalue weighted by Crippen LogP contribution is 2.20. The smallest absolute Gasteiger partial charge is 0.306 e. The monoisotopic (exact) mass is 233 g/mol. The van der Waals surface area contributed by atoms with Crippen molar-refractivity contribution in [3.05, 3.63) is 30.0 Å². The molecule has 2 rings (SSSR count). The number of hydrogen-bond donors (Lipinski definition) is 2. The Morgan fingerprint density at radius 1 is 1.41 bits per heavy atom. The van der Waals surface area contributed by atoms with Crippen molar-refractivity contribution < 1.29 is 14.6 Å². The molecule has 0 saturated heterocycles. The van der Waals surface area contributed by atoms with E-state index in [9.17, 15) is 9.90 Å². The quantitative estimate of drug-likeness (QED) is 0.797. The van der Waals surface area contributed by atoms with Crippen molar-refractivity contribution in [1.82, 2.24) is 4.98 Å². The Morgan fingerprint density at radius 3 is 3.00 bits per heavy atom. The Kier molecular flexibility index (Phi) is 3.32. The molecule has 0 unspecified atom stereocenters. The van der Waals surface area contributed by atoms with Crippen molar-refractivity contribution in [2.24, 2.45) is 0 Å². The van der Waals surface area contributed by atoms with Gasteiger partial charge < -0.3 is 14.8 Å². The number of aryl methyl sites for hydroxylation is 1. The summed E-state index contributed by atoms with van der Waals surface area (Å²) in [4.78, 5) is 14.4. The zero-order chi connectivity index (χ0) is 12.3. The summed E-state index contributed by atoms with van der Waals surface area (Å²) in [6, 6.07) is 7.14. The van der Waals surface area contributed by atoms with Crippen LogP contribution in [0, 0.1) is 0 Å². The van der Waals surface area contributed by atoms with E-state index in [1.165, 1.54) is 0 Å². The predicted molar refractivity (Wildman–Crippen MR) is 64.9 cm³/mol. The Bertz CT molecular complexity index is 530. The van der Waals surface area contributed by atoms with E-state index < -0.39 is 0 Å². The first-order chi connectivity index (χ1) is 8.19. The third-order valence-corrected chi connectivity index (χ3v) is 2.57. The number of fused-ring (bicyclic) bond motifs is 1. The van der Waals surface area contributed by atoms with Gasteiger partial charge >= 0.3 is 5.97 Å². The van der Waals surface area contributed by atoms with Gasteiger partial charge in [-0.15, -0.1) is 0 Å². The first-order valence-electron chi connectivity index (χ1n) is 5.65. The van der Waals surface area contributed by atoms with Gasteiger partial charge in [0.05, 0.1) is 13.0 Å². The number of carbonyl (C=O) groups excluding carboxylic acids is 1. The van der Waals surface area contributed by atoms with E-state index in [1.54, 1.807) is 19.1 Å². The van der Waals surface area contributed by atoms with Crippen molar-refractivity contribution in [2.75, 3.05) is 6.61 Å². The van der Waals surface area contributed by atoms with Crippen LogP contribution in [0.15, 0.2) is 24.3 Å². The summed E-state index contributed by atoms with van der Waals surface area (Å²) in [5, 5.41) is 10.4. The van der Waals surface area contributed by atoms with E-state index in [2.05, 4.69) is 4.98 Å². The average molecular weight is 233 g/mol. The van der Waals surface area contributed by atoms with Crippen LogP contribution in [0.4, 0.5) is 0 Å². The van der Waals surface area contributed by atoms with Gasteiger partial charge in [0.15, 0.2) is 0 Å². The molecule has 0 aliphatic rings. The lowest BCUT2D eigenvalue weighted by atomic mass is 10.2. The topological polar surface area (TPSA) is 62.3 Å². The average Bonchev–Trinajstić information content (AvgIpc) is 2.68. The predicted octanol–water partition coefficient (Wildman–Crippen LogP) is 2.37. The second-order valence-corrected chi connectivity index (χ2v) is 3.87. The minimum Gasteiger partial charge on any atom is -0.508 e. The molecule has 90 valence electrons. The molecule has 1 heterocycles. The minimum atomic E-state index is -0.186. The molecule has 2 N–H and O–H groups in total. The lowest BCUT2D eigenvalue weighted by Crippen LogP contribution is -2.05. The molecule has 4 heteroatoms. The molecule has 0 fully saturated rings. The Balaban J connectivity index is 2.07. The number of rotatable bonds is 4. The summed E-state index contributed by atoms with van der Waals surface area (Å²) < 4.78 is 4.86. The fraction of sp³-hybridized carbons (Fsp3) is 0.308. The number of nitrogens with one attached hydrogen (secondary N) is 1. The number of H-pyrrole nitrogens is 1. The summed E-state index contributed by atoms with van der Waals surface area (Å²) in [5.41, 5.74) is 1.85. The second-order valence-electron chi connectivity index (χ2n) is 3.87. The molecule has 17 heavy (non-hydrogen) atoms. The van der Waals surface area contributed by atoms with Gasteiger partial charge in [-0.1, -0.05) is 0 Å². The van der Waals surface area contributed by atoms with Crippen LogP contribution in [0.1, 0.15) is 19.0 Å². The Morgan fingerprint density at radius 2 is 2.24 bits per heavy atom. The molecule has 0 aliphatic carbocycles. The Hall–Kier alpha value is -1.97. The fourth-order valence-corrected chi connectivity index (χ4v) is 1.78. The third-order valence-electron chi connectivity index (χ3n) is 2.57. The molecule has 0 bridgehead atoms. The maximum atomic E-state index is 11.2. The van der Waals surface area contributed by atoms with Crippen molar-refractivity contribution >= 4 is 16.9 Å². The number of phenolic OH excluding ortho intramolecular Hbond substituents is 1. The fourth-order valence-electron chi connectivity index (χ4n) is 1.78. The van der Waals surface area contributed by atoms with Crippen LogP contribution in [0.2, 0.25) is 0 Å². The number of benzene rings is 1. The summed E-state index contributed by atoms with van der Waals surface area (Å²) in [5.74, 6) is 0.0466. The molecule has 4 nitrogen and oxygen atoms in total. The van der Waals surface area contributed by atoms with Gasteiger partial charge in [-0.3, -0.25) is 4.79 Å². The zero-order valence-corrected chi connectivity index (χ0v) is 9.69. The van der Waals surface area contributed by atoms with E-state index in [0.29, 0.717) is 19.4 Å². The zero-order valence-electron chi connectivity index (χ0n) is 9.69. The van der Waals surface area contributed by atoms with Crippen LogP contribution in [0.3, 0.4) is 0 Å². The molecule has 0 radical (unpaired) electrons. The van der Waals surface area contributed by atoms with Crippen molar-refractivity contribution in [3.8, 4) is 5.75 Å². The number of aromatic amines is 1. The second kappa shape index (κ2) is 4.91. The summed E-state index contributed by atoms with van der Waals surface area (Å²) in [6.45, 7) is 2.21. The summed E-state index contributed by atoms with van der Waals surface area (Å²) in [6.07, 6.45) is 0.987. The number of carbonyl (C=O) groups is 1. The number of aromatic hydroxyl groups is 1. The molecule has 0 spiro atoms. The summed E-state index contributed by atoms with van der Waals surface area (Å²) in [7, 11) is 0. The van der Waals surface area contributed by atoms with Gasteiger partial charge in [0.25, 0.3) is 0 Å². The number of phenols is 1. The molecule has 0 saturated carbocycles. The molecule has 1 aromatic heterocycles. The third kappa shape index (κ3) is 2.78. The van der Waals surface area contributed by atoms with Gasteiger partial charge in [0.2, 0.25) is 0 Å². The highest BCUT2D eigenvalue weighted by atomic mass is 16.5. The van der Waals surface area contributed by atoms with E-state index >= 15 is 0 Å². The maximum Gasteiger partial charge on any atom is 0.306 e. The first-order valence-corrected chi connectivity index (χ1v) is 5.65. The molecule has 2 aromatic rings. The van der Waals surface area contributed by atoms with Crippen LogP contribution in [0.25, 0.3) is 10.9 Å². The van der Waals surface area contributed by atoms with E-state index in [4.69, 9.17) is 4.74 Å². The molecule has 0 amide bonds. The highest BCUT2D eigenvalue weighted by molar-refractivity contribution is 5.82. The van der Waals surface area contributed by atoms with Crippen molar-refractivity contribution in [3.63, 3.8) is 0 Å². The van der Waals surface area contributed by atoms with Gasteiger partial charge in [-0.25, -0.2) is 0 Å². The van der Waals surface area contributed by atoms with Gasteiger partial charge in [-0.05, 0) is 36.9 Å². The van der Waals surface area contributed by atoms with E-state index in [1.807, 2.05) is 12.1 Å². The molecular weight excluding hydrogens is 218 g/mol. The SMILES string of the molecule is CCOC(=O)CCc1cc2ccc(O)cc2[nH]1. The number of hydrogen-bond acceptors (Lipinski definition) is 3. The molecule has 0 atom stereocenters. The molecule has 0 aliphatic heterocycles. The first kappa shape index (κ1) is 11.5. The standard InChI is InChI=1S/C13H15NO3/c1-2-17-13(16)6-4-10-7-9-3-5-11(15)8-12(9)14-10/h3,5,7-8,14-15H,2,4,6H2,1H3. The van der Waals surface area contributed by atoms with Crippen molar-refractivity contribution in [2.45, 2.75) is 19.8 Å². The number of aromatic nitrogens is 1. The normalized spacial score (nSPS) is 10.6. The largest absolute Gasteiger partial charge is 0.508 e. The van der Waals surface area contributed by atoms with Gasteiger partial charge in [-0.2, -0.15) is 0 Å². The van der Waals surface area contributed by atoms with Crippen LogP contribution < -0.4 is 0 Å². The number of ether oxygens (including phenoxy) is 1. The van der Waals surface area contributed by atoms with E-state index in [0.717, 1.165) is 16.6 Å². The molecule has 1 aromatic carbocycles. The minimum absolute atomic E-state index is 0.186. The summed E-state index contributed by atoms with van der Waals surface area (Å²) >= 11 is 0. The lowest BCUT2D eigenvalue weighted by Gasteiger charge is -1.99. The molecular formula is C13H15NO3. The van der Waals surface area contributed by atoms with Crippen LogP contribution in [-0.4, -0.2) is 22.7 Å². The van der Waals surface area contributed by atoms with Crippen LogP contribution in [0.5, 0.6) is 5.75 Å². The van der Waals surface area contributed by atoms with E-state index in [-0.39, 0.29) is 11.7 Å². The highest BCUT2D eigenvalue weighted by Gasteiger charge is 2.05. The van der Waals surface area contributed by atoms with Gasteiger partial charge in [0.1, 0.15) is 5.75 Å². The van der Waals surface area contributed by atoms with Crippen LogP contribution in [-0.2, 0) is 16.0 Å². The van der Waals surface area contributed by atoms with Crippen molar-refractivity contribution in [1.29, 1.82) is 0 Å². The van der Waals surface area contributed by atoms with Crippen LogP contribution >= 0.6 is 0 Å². The number of esters is 1. The van der Waals surface area contributed by atoms with Gasteiger partial charge in [0, 0.05) is 17.3 Å². The Labute approximate surface area is 99.2 Å². The maximum absolute atomic E-state index is 11.2.